The van der Waals surface area contributed by atoms with E-state index in [1.807, 2.05) is 6.92 Å². The summed E-state index contributed by atoms with van der Waals surface area (Å²) < 4.78 is 18.2. The summed E-state index contributed by atoms with van der Waals surface area (Å²) in [5.41, 5.74) is 2.71. The molecule has 1 aliphatic heterocycles. The van der Waals surface area contributed by atoms with Crippen LogP contribution in [-0.4, -0.2) is 18.2 Å². The van der Waals surface area contributed by atoms with Gasteiger partial charge in [0.1, 0.15) is 11.5 Å². The largest absolute Gasteiger partial charge is 0.340 e. The van der Waals surface area contributed by atoms with Crippen LogP contribution in [0.3, 0.4) is 0 Å². The fourth-order valence-corrected chi connectivity index (χ4v) is 2.02. The summed E-state index contributed by atoms with van der Waals surface area (Å²) in [5.74, 6) is 0.605. The molecule has 0 aliphatic carbocycles. The Morgan fingerprint density at radius 3 is 2.53 bits per heavy atom. The third kappa shape index (κ3) is 1.69. The van der Waals surface area contributed by atoms with Crippen LogP contribution in [0.5, 0.6) is 0 Å². The van der Waals surface area contributed by atoms with Crippen molar-refractivity contribution < 1.29 is 8.91 Å². The summed E-state index contributed by atoms with van der Waals surface area (Å²) >= 11 is 0. The van der Waals surface area contributed by atoms with Gasteiger partial charge in [0.2, 0.25) is 5.88 Å². The molecule has 0 amide bonds. The summed E-state index contributed by atoms with van der Waals surface area (Å²) in [6, 6.07) is 6.32. The van der Waals surface area contributed by atoms with Gasteiger partial charge in [-0.15, -0.1) is 0 Å². The van der Waals surface area contributed by atoms with E-state index in [9.17, 15) is 4.39 Å². The molecule has 0 atom stereocenters. The van der Waals surface area contributed by atoms with Gasteiger partial charge in [0.15, 0.2) is 0 Å². The van der Waals surface area contributed by atoms with Gasteiger partial charge in [-0.25, -0.2) is 4.39 Å². The molecule has 0 spiro atoms. The number of nitrogens with zero attached hydrogens (tertiary/aromatic N) is 2. The Labute approximate surface area is 98.8 Å². The second kappa shape index (κ2) is 3.87. The molecule has 4 heteroatoms. The van der Waals surface area contributed by atoms with E-state index in [1.54, 1.807) is 12.1 Å². The van der Waals surface area contributed by atoms with Crippen molar-refractivity contribution >= 4 is 5.88 Å². The molecular formula is C13H13FN2O. The molecule has 1 aliphatic rings. The van der Waals surface area contributed by atoms with Crippen LogP contribution in [0.15, 0.2) is 28.8 Å². The van der Waals surface area contributed by atoms with Crippen molar-refractivity contribution in [2.45, 2.75) is 13.3 Å². The van der Waals surface area contributed by atoms with Crippen LogP contribution in [-0.2, 0) is 0 Å². The highest BCUT2D eigenvalue weighted by Crippen LogP contribution is 2.32. The third-order valence-corrected chi connectivity index (χ3v) is 3.16. The standard InChI is InChI=1S/C13H13FN2O/c1-9-12(10-3-5-11(14)6-4-10)15-17-13(9)16-7-2-8-16/h3-6H,2,7-8H2,1H3. The highest BCUT2D eigenvalue weighted by Gasteiger charge is 2.23. The Bertz CT molecular complexity index is 529. The summed E-state index contributed by atoms with van der Waals surface area (Å²) in [7, 11) is 0. The first-order chi connectivity index (χ1) is 8.25. The Kier molecular flexibility index (Phi) is 2.35. The maximum absolute atomic E-state index is 12.8. The zero-order valence-corrected chi connectivity index (χ0v) is 9.61. The lowest BCUT2D eigenvalue weighted by Crippen LogP contribution is -2.37. The minimum atomic E-state index is -0.238. The second-order valence-corrected chi connectivity index (χ2v) is 4.31. The van der Waals surface area contributed by atoms with Crippen molar-refractivity contribution in [3.05, 3.63) is 35.6 Å². The van der Waals surface area contributed by atoms with E-state index in [0.29, 0.717) is 0 Å². The van der Waals surface area contributed by atoms with E-state index in [1.165, 1.54) is 18.6 Å². The first kappa shape index (κ1) is 10.3. The number of rotatable bonds is 2. The number of hydrogen-bond donors (Lipinski definition) is 0. The Hall–Kier alpha value is -1.84. The first-order valence-electron chi connectivity index (χ1n) is 5.73. The molecule has 3 rings (SSSR count). The quantitative estimate of drug-likeness (QED) is 0.797. The predicted molar refractivity (Wildman–Crippen MR) is 63.5 cm³/mol. The van der Waals surface area contributed by atoms with Gasteiger partial charge in [-0.05, 0) is 37.6 Å². The average Bonchev–Trinajstić information content (AvgIpc) is 2.60. The molecule has 1 saturated heterocycles. The zero-order chi connectivity index (χ0) is 11.8. The van der Waals surface area contributed by atoms with Crippen LogP contribution in [0, 0.1) is 12.7 Å². The monoisotopic (exact) mass is 232 g/mol. The van der Waals surface area contributed by atoms with Crippen molar-refractivity contribution in [3.8, 4) is 11.3 Å². The summed E-state index contributed by atoms with van der Waals surface area (Å²) in [4.78, 5) is 2.16. The highest BCUT2D eigenvalue weighted by molar-refractivity contribution is 5.68. The summed E-state index contributed by atoms with van der Waals surface area (Å²) in [5, 5.41) is 4.08. The minimum Gasteiger partial charge on any atom is -0.340 e. The van der Waals surface area contributed by atoms with Gasteiger partial charge in [0.05, 0.1) is 0 Å². The molecule has 2 aromatic rings. The Morgan fingerprint density at radius 1 is 1.24 bits per heavy atom. The van der Waals surface area contributed by atoms with Gasteiger partial charge in [0.25, 0.3) is 0 Å². The van der Waals surface area contributed by atoms with Gasteiger partial charge in [0, 0.05) is 24.2 Å². The fraction of sp³-hybridized carbons (Fsp3) is 0.308. The zero-order valence-electron chi connectivity index (χ0n) is 9.61. The molecule has 1 fully saturated rings. The summed E-state index contributed by atoms with van der Waals surface area (Å²) in [6.07, 6.45) is 1.20. The lowest BCUT2D eigenvalue weighted by atomic mass is 10.1. The first-order valence-corrected chi connectivity index (χ1v) is 5.73. The lowest BCUT2D eigenvalue weighted by molar-refractivity contribution is 0.401. The van der Waals surface area contributed by atoms with Crippen LogP contribution in [0.4, 0.5) is 10.3 Å². The van der Waals surface area contributed by atoms with Gasteiger partial charge in [-0.2, -0.15) is 0 Å². The van der Waals surface area contributed by atoms with Crippen molar-refractivity contribution in [2.24, 2.45) is 0 Å². The highest BCUT2D eigenvalue weighted by atomic mass is 19.1. The number of hydrogen-bond acceptors (Lipinski definition) is 3. The Morgan fingerprint density at radius 2 is 1.94 bits per heavy atom. The van der Waals surface area contributed by atoms with Gasteiger partial charge in [-0.1, -0.05) is 5.16 Å². The minimum absolute atomic E-state index is 0.238. The smallest absolute Gasteiger partial charge is 0.230 e. The van der Waals surface area contributed by atoms with Crippen molar-refractivity contribution in [1.82, 2.24) is 5.16 Å². The fourth-order valence-electron chi connectivity index (χ4n) is 2.02. The number of benzene rings is 1. The maximum Gasteiger partial charge on any atom is 0.230 e. The molecule has 0 unspecified atom stereocenters. The molecule has 88 valence electrons. The van der Waals surface area contributed by atoms with Crippen molar-refractivity contribution in [1.29, 1.82) is 0 Å². The van der Waals surface area contributed by atoms with E-state index in [4.69, 9.17) is 4.52 Å². The van der Waals surface area contributed by atoms with E-state index in [0.717, 1.165) is 35.8 Å². The van der Waals surface area contributed by atoms with E-state index in [2.05, 4.69) is 10.1 Å². The molecule has 3 nitrogen and oxygen atoms in total. The summed E-state index contributed by atoms with van der Waals surface area (Å²) in [6.45, 7) is 4.04. The second-order valence-electron chi connectivity index (χ2n) is 4.31. The molecule has 0 radical (unpaired) electrons. The normalized spacial score (nSPS) is 14.8. The number of halogens is 1. The molecule has 0 N–H and O–H groups in total. The number of anilines is 1. The third-order valence-electron chi connectivity index (χ3n) is 3.16. The van der Waals surface area contributed by atoms with Crippen LogP contribution in [0.2, 0.25) is 0 Å². The maximum atomic E-state index is 12.8. The molecule has 0 bridgehead atoms. The average molecular weight is 232 g/mol. The van der Waals surface area contributed by atoms with Crippen molar-refractivity contribution in [3.63, 3.8) is 0 Å². The van der Waals surface area contributed by atoms with Crippen molar-refractivity contribution in [2.75, 3.05) is 18.0 Å². The topological polar surface area (TPSA) is 29.3 Å². The van der Waals surface area contributed by atoms with Gasteiger partial charge in [-0.3, -0.25) is 0 Å². The molecule has 1 aromatic heterocycles. The molecule has 1 aromatic carbocycles. The molecule has 17 heavy (non-hydrogen) atoms. The van der Waals surface area contributed by atoms with E-state index in [-0.39, 0.29) is 5.82 Å². The molecular weight excluding hydrogens is 219 g/mol. The SMILES string of the molecule is Cc1c(-c2ccc(F)cc2)noc1N1CCC1. The van der Waals surface area contributed by atoms with Crippen LogP contribution in [0.1, 0.15) is 12.0 Å². The van der Waals surface area contributed by atoms with E-state index >= 15 is 0 Å². The van der Waals surface area contributed by atoms with Crippen LogP contribution < -0.4 is 4.90 Å². The van der Waals surface area contributed by atoms with E-state index < -0.39 is 0 Å². The van der Waals surface area contributed by atoms with Crippen LogP contribution >= 0.6 is 0 Å². The number of aromatic nitrogens is 1. The van der Waals surface area contributed by atoms with Gasteiger partial charge < -0.3 is 9.42 Å². The predicted octanol–water partition coefficient (Wildman–Crippen LogP) is 3.00. The molecule has 2 heterocycles. The molecule has 0 saturated carbocycles. The Balaban J connectivity index is 1.97. The van der Waals surface area contributed by atoms with Gasteiger partial charge >= 0.3 is 0 Å². The van der Waals surface area contributed by atoms with Crippen LogP contribution in [0.25, 0.3) is 11.3 Å². The lowest BCUT2D eigenvalue weighted by Gasteiger charge is -2.30.